The highest BCUT2D eigenvalue weighted by Gasteiger charge is 2.20. The zero-order valence-electron chi connectivity index (χ0n) is 9.47. The first kappa shape index (κ1) is 12.3. The number of phenols is 1. The number of rotatable bonds is 2. The molecule has 0 saturated carbocycles. The number of allylic oxidation sites excluding steroid dienone is 1. The topological polar surface area (TPSA) is 20.2 Å². The Morgan fingerprint density at radius 2 is 2.00 bits per heavy atom. The molecular formula is C13H17BrO. The van der Waals surface area contributed by atoms with Crippen LogP contribution in [0, 0.1) is 0 Å². The standard InChI is InChI=1S/C13H17BrO/c1-5-6-9-7-10(14)8-11(12(9)15)13(2,3)4/h5,7-8,15H,1,6H2,2-4H3. The molecule has 1 aromatic carbocycles. The molecule has 2 heteroatoms. The van der Waals surface area contributed by atoms with E-state index in [4.69, 9.17) is 0 Å². The van der Waals surface area contributed by atoms with E-state index in [9.17, 15) is 5.11 Å². The monoisotopic (exact) mass is 268 g/mol. The van der Waals surface area contributed by atoms with Gasteiger partial charge in [-0.05, 0) is 29.5 Å². The number of hydrogen-bond acceptors (Lipinski definition) is 1. The van der Waals surface area contributed by atoms with Crippen molar-refractivity contribution in [3.8, 4) is 5.75 Å². The van der Waals surface area contributed by atoms with Crippen LogP contribution in [-0.2, 0) is 11.8 Å². The maximum Gasteiger partial charge on any atom is 0.122 e. The van der Waals surface area contributed by atoms with Crippen LogP contribution in [0.25, 0.3) is 0 Å². The van der Waals surface area contributed by atoms with Gasteiger partial charge < -0.3 is 5.11 Å². The largest absolute Gasteiger partial charge is 0.507 e. The normalized spacial score (nSPS) is 11.5. The molecule has 0 radical (unpaired) electrons. The van der Waals surface area contributed by atoms with Crippen molar-refractivity contribution in [2.24, 2.45) is 0 Å². The molecule has 0 aliphatic heterocycles. The fourth-order valence-electron chi connectivity index (χ4n) is 1.54. The van der Waals surface area contributed by atoms with Crippen molar-refractivity contribution >= 4 is 15.9 Å². The van der Waals surface area contributed by atoms with Crippen LogP contribution in [0.5, 0.6) is 5.75 Å². The molecule has 1 nitrogen and oxygen atoms in total. The molecule has 0 aliphatic carbocycles. The first-order chi connectivity index (χ1) is 6.86. The summed E-state index contributed by atoms with van der Waals surface area (Å²) in [6, 6.07) is 3.91. The summed E-state index contributed by atoms with van der Waals surface area (Å²) in [5, 5.41) is 10.1. The molecular weight excluding hydrogens is 252 g/mol. The van der Waals surface area contributed by atoms with Crippen molar-refractivity contribution in [2.45, 2.75) is 32.6 Å². The summed E-state index contributed by atoms with van der Waals surface area (Å²) in [5.41, 5.74) is 1.84. The lowest BCUT2D eigenvalue weighted by Crippen LogP contribution is -2.12. The highest BCUT2D eigenvalue weighted by atomic mass is 79.9. The van der Waals surface area contributed by atoms with Gasteiger partial charge in [0.2, 0.25) is 0 Å². The first-order valence-electron chi connectivity index (χ1n) is 4.99. The summed E-state index contributed by atoms with van der Waals surface area (Å²) in [6.07, 6.45) is 2.49. The fourth-order valence-corrected chi connectivity index (χ4v) is 2.04. The molecule has 1 rings (SSSR count). The second-order valence-electron chi connectivity index (χ2n) is 4.70. The minimum atomic E-state index is -0.0518. The molecule has 0 amide bonds. The maximum absolute atomic E-state index is 10.1. The van der Waals surface area contributed by atoms with E-state index in [1.807, 2.05) is 12.1 Å². The van der Waals surface area contributed by atoms with Gasteiger partial charge in [-0.3, -0.25) is 0 Å². The van der Waals surface area contributed by atoms with Crippen molar-refractivity contribution in [2.75, 3.05) is 0 Å². The van der Waals surface area contributed by atoms with Gasteiger partial charge in [0.15, 0.2) is 0 Å². The van der Waals surface area contributed by atoms with Crippen molar-refractivity contribution in [3.05, 3.63) is 40.4 Å². The predicted molar refractivity (Wildman–Crippen MR) is 68.4 cm³/mol. The smallest absolute Gasteiger partial charge is 0.122 e. The molecule has 1 aromatic rings. The quantitative estimate of drug-likeness (QED) is 0.798. The van der Waals surface area contributed by atoms with E-state index in [0.29, 0.717) is 12.2 Å². The van der Waals surface area contributed by atoms with E-state index in [2.05, 4.69) is 43.3 Å². The van der Waals surface area contributed by atoms with Crippen LogP contribution in [0.3, 0.4) is 0 Å². The maximum atomic E-state index is 10.1. The molecule has 0 unspecified atom stereocenters. The number of benzene rings is 1. The Balaban J connectivity index is 3.34. The molecule has 1 N–H and O–H groups in total. The molecule has 0 spiro atoms. The minimum Gasteiger partial charge on any atom is -0.507 e. The van der Waals surface area contributed by atoms with E-state index >= 15 is 0 Å². The van der Waals surface area contributed by atoms with Gasteiger partial charge in [0.25, 0.3) is 0 Å². The number of aromatic hydroxyl groups is 1. The third kappa shape index (κ3) is 2.85. The third-order valence-electron chi connectivity index (χ3n) is 2.33. The second kappa shape index (κ2) is 4.40. The van der Waals surface area contributed by atoms with Crippen LogP contribution in [0.4, 0.5) is 0 Å². The van der Waals surface area contributed by atoms with Crippen LogP contribution in [0.1, 0.15) is 31.9 Å². The van der Waals surface area contributed by atoms with E-state index in [1.54, 1.807) is 6.08 Å². The Morgan fingerprint density at radius 3 is 2.47 bits per heavy atom. The second-order valence-corrected chi connectivity index (χ2v) is 5.62. The third-order valence-corrected chi connectivity index (χ3v) is 2.78. The van der Waals surface area contributed by atoms with Crippen LogP contribution >= 0.6 is 15.9 Å². The first-order valence-corrected chi connectivity index (χ1v) is 5.78. The number of hydrogen-bond donors (Lipinski definition) is 1. The van der Waals surface area contributed by atoms with Crippen LogP contribution in [0.2, 0.25) is 0 Å². The lowest BCUT2D eigenvalue weighted by Gasteiger charge is -2.22. The van der Waals surface area contributed by atoms with Crippen LogP contribution in [-0.4, -0.2) is 5.11 Å². The van der Waals surface area contributed by atoms with Gasteiger partial charge in [0.1, 0.15) is 5.75 Å². The van der Waals surface area contributed by atoms with Crippen LogP contribution in [0.15, 0.2) is 29.3 Å². The summed E-state index contributed by atoms with van der Waals surface area (Å²) in [7, 11) is 0. The average molecular weight is 269 g/mol. The van der Waals surface area contributed by atoms with Gasteiger partial charge in [-0.1, -0.05) is 42.8 Å². The van der Waals surface area contributed by atoms with Crippen molar-refractivity contribution < 1.29 is 5.11 Å². The summed E-state index contributed by atoms with van der Waals surface area (Å²) >= 11 is 3.46. The van der Waals surface area contributed by atoms with Gasteiger partial charge in [0, 0.05) is 10.0 Å². The summed E-state index contributed by atoms with van der Waals surface area (Å²) in [6.45, 7) is 9.96. The molecule has 0 aromatic heterocycles. The molecule has 0 heterocycles. The molecule has 15 heavy (non-hydrogen) atoms. The van der Waals surface area contributed by atoms with Crippen molar-refractivity contribution in [1.29, 1.82) is 0 Å². The Hall–Kier alpha value is -0.760. The molecule has 0 fully saturated rings. The zero-order chi connectivity index (χ0) is 11.6. The SMILES string of the molecule is C=CCc1cc(Br)cc(C(C)(C)C)c1O. The lowest BCUT2D eigenvalue weighted by molar-refractivity contribution is 0.441. The Bertz CT molecular complexity index is 375. The number of halogens is 1. The highest BCUT2D eigenvalue weighted by Crippen LogP contribution is 2.36. The van der Waals surface area contributed by atoms with E-state index < -0.39 is 0 Å². The molecule has 0 atom stereocenters. The van der Waals surface area contributed by atoms with Gasteiger partial charge in [-0.15, -0.1) is 6.58 Å². The van der Waals surface area contributed by atoms with Crippen molar-refractivity contribution in [1.82, 2.24) is 0 Å². The van der Waals surface area contributed by atoms with Gasteiger partial charge in [-0.25, -0.2) is 0 Å². The molecule has 0 bridgehead atoms. The highest BCUT2D eigenvalue weighted by molar-refractivity contribution is 9.10. The molecule has 82 valence electrons. The number of phenolic OH excluding ortho intramolecular Hbond substituents is 1. The predicted octanol–water partition coefficient (Wildman–Crippen LogP) is 4.18. The zero-order valence-corrected chi connectivity index (χ0v) is 11.1. The van der Waals surface area contributed by atoms with Crippen molar-refractivity contribution in [3.63, 3.8) is 0 Å². The Labute approximate surface area is 100.0 Å². The van der Waals surface area contributed by atoms with Gasteiger partial charge in [-0.2, -0.15) is 0 Å². The lowest BCUT2D eigenvalue weighted by atomic mass is 9.85. The summed E-state index contributed by atoms with van der Waals surface area (Å²) < 4.78 is 1.00. The molecule has 0 saturated heterocycles. The van der Waals surface area contributed by atoms with Gasteiger partial charge in [0.05, 0.1) is 0 Å². The van der Waals surface area contributed by atoms with Crippen LogP contribution < -0.4 is 0 Å². The Kier molecular flexibility index (Phi) is 3.61. The average Bonchev–Trinajstić information content (AvgIpc) is 2.09. The summed E-state index contributed by atoms with van der Waals surface area (Å²) in [5.74, 6) is 0.394. The van der Waals surface area contributed by atoms with E-state index in [-0.39, 0.29) is 5.41 Å². The Morgan fingerprint density at radius 1 is 1.40 bits per heavy atom. The minimum absolute atomic E-state index is 0.0518. The van der Waals surface area contributed by atoms with E-state index in [1.165, 1.54) is 0 Å². The van der Waals surface area contributed by atoms with E-state index in [0.717, 1.165) is 15.6 Å². The summed E-state index contributed by atoms with van der Waals surface area (Å²) in [4.78, 5) is 0. The molecule has 0 aliphatic rings. The van der Waals surface area contributed by atoms with Gasteiger partial charge >= 0.3 is 0 Å². The fraction of sp³-hybridized carbons (Fsp3) is 0.385.